The zero-order chi connectivity index (χ0) is 17.3. The predicted molar refractivity (Wildman–Crippen MR) is 92.1 cm³/mol. The molecule has 1 heterocycles. The summed E-state index contributed by atoms with van der Waals surface area (Å²) in [6, 6.07) is 7.68. The number of carboxylic acid groups (broad SMARTS) is 1. The molecule has 1 aromatic heterocycles. The summed E-state index contributed by atoms with van der Waals surface area (Å²) >= 11 is 0. The quantitative estimate of drug-likeness (QED) is 0.906. The smallest absolute Gasteiger partial charge is 0.329 e. The predicted octanol–water partition coefficient (Wildman–Crippen LogP) is 3.37. The van der Waals surface area contributed by atoms with Gasteiger partial charge in [0.05, 0.1) is 16.8 Å². The van der Waals surface area contributed by atoms with Crippen molar-refractivity contribution in [3.05, 3.63) is 41.1 Å². The number of hydrogen-bond acceptors (Lipinski definition) is 3. The first-order valence-electron chi connectivity index (χ1n) is 8.35. The number of nitrogens with one attached hydrogen (secondary N) is 1. The van der Waals surface area contributed by atoms with Crippen molar-refractivity contribution in [1.82, 2.24) is 10.3 Å². The first-order chi connectivity index (χ1) is 11.4. The fourth-order valence-corrected chi connectivity index (χ4v) is 3.44. The summed E-state index contributed by atoms with van der Waals surface area (Å²) in [6.45, 7) is 3.78. The van der Waals surface area contributed by atoms with Crippen molar-refractivity contribution >= 4 is 22.8 Å². The number of carboxylic acids is 1. The number of aromatic nitrogens is 1. The van der Waals surface area contributed by atoms with Crippen molar-refractivity contribution < 1.29 is 14.7 Å². The summed E-state index contributed by atoms with van der Waals surface area (Å²) in [5.74, 6) is -1.30. The average Bonchev–Trinajstić information content (AvgIpc) is 2.54. The van der Waals surface area contributed by atoms with Crippen LogP contribution in [0.5, 0.6) is 0 Å². The van der Waals surface area contributed by atoms with E-state index in [0.29, 0.717) is 24.1 Å². The normalized spacial score (nSPS) is 16.8. The topological polar surface area (TPSA) is 79.3 Å². The Morgan fingerprint density at radius 2 is 1.83 bits per heavy atom. The number of aliphatic carboxylic acids is 1. The van der Waals surface area contributed by atoms with Crippen molar-refractivity contribution in [2.24, 2.45) is 0 Å². The van der Waals surface area contributed by atoms with Crippen LogP contribution in [0.4, 0.5) is 0 Å². The zero-order valence-corrected chi connectivity index (χ0v) is 14.1. The van der Waals surface area contributed by atoms with Crippen molar-refractivity contribution in [1.29, 1.82) is 0 Å². The van der Waals surface area contributed by atoms with Gasteiger partial charge in [-0.25, -0.2) is 4.79 Å². The third-order valence-corrected chi connectivity index (χ3v) is 4.88. The average molecular weight is 326 g/mol. The molecule has 1 aromatic carbocycles. The van der Waals surface area contributed by atoms with Crippen molar-refractivity contribution in [3.63, 3.8) is 0 Å². The molecule has 0 bridgehead atoms. The molecule has 24 heavy (non-hydrogen) atoms. The summed E-state index contributed by atoms with van der Waals surface area (Å²) in [5.41, 5.74) is 1.86. The van der Waals surface area contributed by atoms with Gasteiger partial charge in [0, 0.05) is 5.39 Å². The van der Waals surface area contributed by atoms with Crippen molar-refractivity contribution in [2.75, 3.05) is 0 Å². The van der Waals surface area contributed by atoms with Crippen molar-refractivity contribution in [3.8, 4) is 0 Å². The van der Waals surface area contributed by atoms with Crippen LogP contribution in [-0.2, 0) is 4.79 Å². The van der Waals surface area contributed by atoms with Gasteiger partial charge < -0.3 is 10.4 Å². The minimum absolute atomic E-state index is 0.355. The number of carbonyl (C=O) groups excluding carboxylic acids is 1. The Bertz CT molecular complexity index is 808. The summed E-state index contributed by atoms with van der Waals surface area (Å²) in [7, 11) is 0. The molecule has 126 valence electrons. The van der Waals surface area contributed by atoms with Gasteiger partial charge in [0.15, 0.2) is 0 Å². The fraction of sp³-hybridized carbons (Fsp3) is 0.421. The molecule has 0 unspecified atom stereocenters. The van der Waals surface area contributed by atoms with E-state index in [1.54, 1.807) is 13.0 Å². The highest BCUT2D eigenvalue weighted by atomic mass is 16.4. The number of nitrogens with zero attached hydrogens (tertiary/aromatic N) is 1. The lowest BCUT2D eigenvalue weighted by atomic mass is 9.81. The van der Waals surface area contributed by atoms with Gasteiger partial charge in [0.2, 0.25) is 0 Å². The van der Waals surface area contributed by atoms with E-state index in [1.807, 2.05) is 25.1 Å². The molecule has 1 amide bonds. The molecule has 2 N–H and O–H groups in total. The number of benzene rings is 1. The van der Waals surface area contributed by atoms with Crippen LogP contribution >= 0.6 is 0 Å². The third-order valence-electron chi connectivity index (χ3n) is 4.88. The number of aryl methyl sites for hydroxylation is 2. The van der Waals surface area contributed by atoms with E-state index in [-0.39, 0.29) is 5.91 Å². The second-order valence-corrected chi connectivity index (χ2v) is 6.72. The Labute approximate surface area is 141 Å². The summed E-state index contributed by atoms with van der Waals surface area (Å²) < 4.78 is 0. The Hall–Kier alpha value is -2.43. The number of amides is 1. The van der Waals surface area contributed by atoms with Crippen LogP contribution in [0.25, 0.3) is 10.9 Å². The number of carbonyl (C=O) groups is 2. The molecule has 3 rings (SSSR count). The molecule has 1 saturated carbocycles. The van der Waals surface area contributed by atoms with E-state index in [4.69, 9.17) is 0 Å². The van der Waals surface area contributed by atoms with Gasteiger partial charge in [-0.3, -0.25) is 9.78 Å². The number of rotatable bonds is 3. The van der Waals surface area contributed by atoms with Gasteiger partial charge in [-0.2, -0.15) is 0 Å². The van der Waals surface area contributed by atoms with E-state index in [0.717, 1.165) is 35.7 Å². The molecule has 2 aromatic rings. The molecular formula is C19H22N2O3. The first-order valence-corrected chi connectivity index (χ1v) is 8.35. The minimum atomic E-state index is -1.15. The van der Waals surface area contributed by atoms with Crippen LogP contribution in [0.2, 0.25) is 0 Å². The maximum atomic E-state index is 12.7. The fourth-order valence-electron chi connectivity index (χ4n) is 3.44. The Balaban J connectivity index is 1.94. The molecular weight excluding hydrogens is 304 g/mol. The van der Waals surface area contributed by atoms with Crippen LogP contribution in [0.3, 0.4) is 0 Å². The molecule has 5 nitrogen and oxygen atoms in total. The lowest BCUT2D eigenvalue weighted by molar-refractivity contribution is -0.145. The molecule has 1 aliphatic carbocycles. The molecule has 0 spiro atoms. The Morgan fingerprint density at radius 1 is 1.12 bits per heavy atom. The molecule has 0 radical (unpaired) electrons. The molecule has 0 aliphatic heterocycles. The van der Waals surface area contributed by atoms with Crippen molar-refractivity contribution in [2.45, 2.75) is 51.5 Å². The summed E-state index contributed by atoms with van der Waals surface area (Å²) in [5, 5.41) is 13.3. The number of hydrogen-bond donors (Lipinski definition) is 2. The standard InChI is InChI=1S/C19H22N2O3/c1-12-6-7-14-11-15(13(2)20-16(14)10-12)17(22)21-19(18(23)24)8-4-3-5-9-19/h6-7,10-11H,3-5,8-9H2,1-2H3,(H,21,22)(H,23,24). The minimum Gasteiger partial charge on any atom is -0.480 e. The number of pyridine rings is 1. The SMILES string of the molecule is Cc1ccc2cc(C(=O)NC3(C(=O)O)CCCCC3)c(C)nc2c1. The second-order valence-electron chi connectivity index (χ2n) is 6.72. The van der Waals surface area contributed by atoms with Gasteiger partial charge in [0.25, 0.3) is 5.91 Å². The monoisotopic (exact) mass is 326 g/mol. The van der Waals surface area contributed by atoms with Gasteiger partial charge >= 0.3 is 5.97 Å². The highest BCUT2D eigenvalue weighted by molar-refractivity contribution is 6.01. The van der Waals surface area contributed by atoms with Crippen LogP contribution in [0.15, 0.2) is 24.3 Å². The number of fused-ring (bicyclic) bond motifs is 1. The molecule has 0 atom stereocenters. The maximum Gasteiger partial charge on any atom is 0.329 e. The second kappa shape index (κ2) is 6.23. The van der Waals surface area contributed by atoms with E-state index in [1.165, 1.54) is 0 Å². The van der Waals surface area contributed by atoms with E-state index in [9.17, 15) is 14.7 Å². The van der Waals surface area contributed by atoms with Gasteiger partial charge in [-0.1, -0.05) is 31.4 Å². The Kier molecular flexibility index (Phi) is 4.26. The molecule has 5 heteroatoms. The van der Waals surface area contributed by atoms with Gasteiger partial charge in [-0.15, -0.1) is 0 Å². The summed E-state index contributed by atoms with van der Waals surface area (Å²) in [4.78, 5) is 29.0. The maximum absolute atomic E-state index is 12.7. The molecule has 0 saturated heterocycles. The van der Waals surface area contributed by atoms with E-state index >= 15 is 0 Å². The van der Waals surface area contributed by atoms with Crippen LogP contribution < -0.4 is 5.32 Å². The van der Waals surface area contributed by atoms with Gasteiger partial charge in [-0.05, 0) is 44.4 Å². The lowest BCUT2D eigenvalue weighted by Gasteiger charge is -2.34. The zero-order valence-electron chi connectivity index (χ0n) is 14.1. The third kappa shape index (κ3) is 2.98. The van der Waals surface area contributed by atoms with E-state index < -0.39 is 11.5 Å². The van der Waals surface area contributed by atoms with Crippen LogP contribution in [0.1, 0.15) is 53.7 Å². The Morgan fingerprint density at radius 3 is 2.50 bits per heavy atom. The molecule has 1 aliphatic rings. The largest absolute Gasteiger partial charge is 0.480 e. The highest BCUT2D eigenvalue weighted by Gasteiger charge is 2.41. The van der Waals surface area contributed by atoms with Crippen LogP contribution in [0, 0.1) is 13.8 Å². The van der Waals surface area contributed by atoms with Gasteiger partial charge in [0.1, 0.15) is 5.54 Å². The highest BCUT2D eigenvalue weighted by Crippen LogP contribution is 2.29. The van der Waals surface area contributed by atoms with E-state index in [2.05, 4.69) is 10.3 Å². The first kappa shape index (κ1) is 16.4. The lowest BCUT2D eigenvalue weighted by Crippen LogP contribution is -2.55. The molecule has 1 fully saturated rings. The summed E-state index contributed by atoms with van der Waals surface area (Å²) in [6.07, 6.45) is 3.61. The van der Waals surface area contributed by atoms with Crippen LogP contribution in [-0.4, -0.2) is 27.5 Å².